The van der Waals surface area contributed by atoms with Gasteiger partial charge < -0.3 is 19.1 Å². The van der Waals surface area contributed by atoms with E-state index in [4.69, 9.17) is 9.26 Å². The van der Waals surface area contributed by atoms with E-state index in [0.29, 0.717) is 22.8 Å². The van der Waals surface area contributed by atoms with Crippen molar-refractivity contribution in [2.75, 3.05) is 12.4 Å². The van der Waals surface area contributed by atoms with Gasteiger partial charge in [0, 0.05) is 34.1 Å². The number of nitrogens with one attached hydrogen (secondary N) is 1. The fourth-order valence-corrected chi connectivity index (χ4v) is 3.32. The van der Waals surface area contributed by atoms with Gasteiger partial charge in [-0.05, 0) is 30.3 Å². The first-order chi connectivity index (χ1) is 15.0. The van der Waals surface area contributed by atoms with E-state index in [1.165, 1.54) is 16.8 Å². The van der Waals surface area contributed by atoms with Crippen molar-refractivity contribution < 1.29 is 14.1 Å². The zero-order chi connectivity index (χ0) is 21.8. The van der Waals surface area contributed by atoms with E-state index in [1.807, 2.05) is 24.3 Å². The first-order valence-electron chi connectivity index (χ1n) is 9.26. The van der Waals surface area contributed by atoms with Gasteiger partial charge in [0.05, 0.1) is 12.7 Å². The van der Waals surface area contributed by atoms with Crippen LogP contribution >= 0.6 is 15.9 Å². The summed E-state index contributed by atoms with van der Waals surface area (Å²) in [5.74, 6) is 0.934. The topological polar surface area (TPSA) is 99.2 Å². The Morgan fingerprint density at radius 1 is 1.13 bits per heavy atom. The fourth-order valence-electron chi connectivity index (χ4n) is 2.92. The highest BCUT2D eigenvalue weighted by molar-refractivity contribution is 9.10. The molecule has 2 aromatic heterocycles. The number of carbonyl (C=O) groups is 1. The third-order valence-corrected chi connectivity index (χ3v) is 4.90. The second-order valence-corrected chi connectivity index (χ2v) is 7.51. The maximum atomic E-state index is 12.4. The molecule has 0 saturated carbocycles. The zero-order valence-electron chi connectivity index (χ0n) is 16.4. The van der Waals surface area contributed by atoms with E-state index in [1.54, 1.807) is 37.4 Å². The maximum Gasteiger partial charge on any atom is 0.259 e. The Kier molecular flexibility index (Phi) is 5.94. The molecule has 2 aromatic carbocycles. The van der Waals surface area contributed by atoms with Crippen LogP contribution in [0.15, 0.2) is 80.7 Å². The quantitative estimate of drug-likeness (QED) is 0.448. The predicted octanol–water partition coefficient (Wildman–Crippen LogP) is 3.98. The van der Waals surface area contributed by atoms with Crippen LogP contribution in [0.1, 0.15) is 0 Å². The molecule has 1 amide bonds. The molecule has 0 aliphatic rings. The average molecular weight is 481 g/mol. The number of carbonyl (C=O) groups excluding carboxylic acids is 1. The Bertz CT molecular complexity index is 1300. The van der Waals surface area contributed by atoms with Crippen LogP contribution in [0.4, 0.5) is 5.69 Å². The standard InChI is InChI=1S/C22H17BrN4O4/c1-30-18-7-3-6-17(11-18)24-19(28)13-27-12-15(8-9-20(27)29)22-25-21(26-31-22)14-4-2-5-16(23)10-14/h2-12H,13H2,1H3,(H,24,28). The van der Waals surface area contributed by atoms with Crippen LogP contribution in [0.2, 0.25) is 0 Å². The summed E-state index contributed by atoms with van der Waals surface area (Å²) in [6, 6.07) is 17.4. The number of rotatable bonds is 6. The number of hydrogen-bond donors (Lipinski definition) is 1. The lowest BCUT2D eigenvalue weighted by Crippen LogP contribution is -2.26. The summed E-state index contributed by atoms with van der Waals surface area (Å²) >= 11 is 3.41. The molecule has 1 N–H and O–H groups in total. The summed E-state index contributed by atoms with van der Waals surface area (Å²) in [6.45, 7) is -0.170. The molecule has 8 nitrogen and oxygen atoms in total. The smallest absolute Gasteiger partial charge is 0.259 e. The highest BCUT2D eigenvalue weighted by atomic mass is 79.9. The fraction of sp³-hybridized carbons (Fsp3) is 0.0909. The lowest BCUT2D eigenvalue weighted by Gasteiger charge is -2.09. The molecule has 0 bridgehead atoms. The molecule has 4 rings (SSSR count). The molecule has 0 spiro atoms. The van der Waals surface area contributed by atoms with E-state index in [-0.39, 0.29) is 23.9 Å². The minimum atomic E-state index is -0.354. The highest BCUT2D eigenvalue weighted by Gasteiger charge is 2.13. The lowest BCUT2D eigenvalue weighted by atomic mass is 10.2. The van der Waals surface area contributed by atoms with Gasteiger partial charge in [-0.15, -0.1) is 0 Å². The van der Waals surface area contributed by atoms with Gasteiger partial charge in [-0.3, -0.25) is 9.59 Å². The Morgan fingerprint density at radius 3 is 2.77 bits per heavy atom. The van der Waals surface area contributed by atoms with Crippen LogP contribution in [0.3, 0.4) is 0 Å². The molecule has 0 radical (unpaired) electrons. The van der Waals surface area contributed by atoms with Crippen molar-refractivity contribution >= 4 is 27.5 Å². The number of pyridine rings is 1. The number of nitrogens with zero attached hydrogens (tertiary/aromatic N) is 3. The highest BCUT2D eigenvalue weighted by Crippen LogP contribution is 2.24. The molecule has 156 valence electrons. The van der Waals surface area contributed by atoms with E-state index >= 15 is 0 Å². The summed E-state index contributed by atoms with van der Waals surface area (Å²) in [4.78, 5) is 29.1. The summed E-state index contributed by atoms with van der Waals surface area (Å²) in [5, 5.41) is 6.75. The first kappa shape index (κ1) is 20.5. The normalized spacial score (nSPS) is 10.6. The predicted molar refractivity (Wildman–Crippen MR) is 119 cm³/mol. The number of benzene rings is 2. The van der Waals surface area contributed by atoms with Gasteiger partial charge >= 0.3 is 0 Å². The van der Waals surface area contributed by atoms with Crippen LogP contribution in [-0.2, 0) is 11.3 Å². The number of amides is 1. The van der Waals surface area contributed by atoms with Gasteiger partial charge in [0.25, 0.3) is 11.4 Å². The summed E-state index contributed by atoms with van der Waals surface area (Å²) in [7, 11) is 1.55. The van der Waals surface area contributed by atoms with Gasteiger partial charge in [0.2, 0.25) is 11.7 Å². The maximum absolute atomic E-state index is 12.4. The van der Waals surface area contributed by atoms with Gasteiger partial charge in [0.1, 0.15) is 12.3 Å². The molecular weight excluding hydrogens is 464 g/mol. The molecule has 9 heteroatoms. The number of methoxy groups -OCH3 is 1. The Labute approximate surface area is 185 Å². The molecule has 0 aliphatic carbocycles. The zero-order valence-corrected chi connectivity index (χ0v) is 18.0. The minimum absolute atomic E-state index is 0.170. The monoisotopic (exact) mass is 480 g/mol. The molecule has 0 unspecified atom stereocenters. The summed E-state index contributed by atoms with van der Waals surface area (Å²) in [6.07, 6.45) is 1.52. The number of halogens is 1. The van der Waals surface area contributed by atoms with E-state index < -0.39 is 0 Å². The van der Waals surface area contributed by atoms with Crippen LogP contribution < -0.4 is 15.6 Å². The van der Waals surface area contributed by atoms with Gasteiger partial charge in [-0.25, -0.2) is 0 Å². The third kappa shape index (κ3) is 4.89. The molecule has 0 saturated heterocycles. The van der Waals surface area contributed by atoms with Crippen molar-refractivity contribution in [2.24, 2.45) is 0 Å². The van der Waals surface area contributed by atoms with Crippen LogP contribution in [0, 0.1) is 0 Å². The first-order valence-corrected chi connectivity index (χ1v) is 10.1. The van der Waals surface area contributed by atoms with Crippen molar-refractivity contribution in [2.45, 2.75) is 6.54 Å². The van der Waals surface area contributed by atoms with E-state index in [2.05, 4.69) is 31.4 Å². The number of anilines is 1. The van der Waals surface area contributed by atoms with Crippen LogP contribution in [-0.4, -0.2) is 27.7 Å². The van der Waals surface area contributed by atoms with Crippen molar-refractivity contribution in [3.05, 3.63) is 81.7 Å². The summed E-state index contributed by atoms with van der Waals surface area (Å²) in [5.41, 5.74) is 1.57. The molecule has 0 fully saturated rings. The molecule has 0 aliphatic heterocycles. The number of ether oxygens (including phenoxy) is 1. The van der Waals surface area contributed by atoms with E-state index in [0.717, 1.165) is 10.0 Å². The molecular formula is C22H17BrN4O4. The van der Waals surface area contributed by atoms with Crippen LogP contribution in [0.25, 0.3) is 22.8 Å². The minimum Gasteiger partial charge on any atom is -0.497 e. The Morgan fingerprint density at radius 2 is 1.97 bits per heavy atom. The van der Waals surface area contributed by atoms with Crippen molar-refractivity contribution in [1.29, 1.82) is 0 Å². The lowest BCUT2D eigenvalue weighted by molar-refractivity contribution is -0.116. The second-order valence-electron chi connectivity index (χ2n) is 6.60. The van der Waals surface area contributed by atoms with Crippen molar-refractivity contribution in [3.8, 4) is 28.6 Å². The molecule has 4 aromatic rings. The third-order valence-electron chi connectivity index (χ3n) is 4.41. The number of aromatic nitrogens is 3. The van der Waals surface area contributed by atoms with E-state index in [9.17, 15) is 9.59 Å². The van der Waals surface area contributed by atoms with Gasteiger partial charge in [-0.1, -0.05) is 39.3 Å². The Balaban J connectivity index is 1.53. The molecule has 31 heavy (non-hydrogen) atoms. The van der Waals surface area contributed by atoms with Crippen molar-refractivity contribution in [3.63, 3.8) is 0 Å². The molecule has 0 atom stereocenters. The Hall–Kier alpha value is -3.72. The van der Waals surface area contributed by atoms with Crippen molar-refractivity contribution in [1.82, 2.24) is 14.7 Å². The summed E-state index contributed by atoms with van der Waals surface area (Å²) < 4.78 is 12.7. The van der Waals surface area contributed by atoms with Gasteiger partial charge in [0.15, 0.2) is 0 Å². The van der Waals surface area contributed by atoms with Crippen LogP contribution in [0.5, 0.6) is 5.75 Å². The van der Waals surface area contributed by atoms with Gasteiger partial charge in [-0.2, -0.15) is 4.98 Å². The second kappa shape index (κ2) is 8.97. The SMILES string of the molecule is COc1cccc(NC(=O)Cn2cc(-c3nc(-c4cccc(Br)c4)no3)ccc2=O)c1. The number of hydrogen-bond acceptors (Lipinski definition) is 6. The largest absolute Gasteiger partial charge is 0.497 e. The average Bonchev–Trinajstić information content (AvgIpc) is 3.26. The molecule has 2 heterocycles.